The van der Waals surface area contributed by atoms with Crippen LogP contribution >= 0.6 is 15.9 Å². The highest BCUT2D eigenvalue weighted by atomic mass is 79.9. The van der Waals surface area contributed by atoms with E-state index in [-0.39, 0.29) is 17.6 Å². The molecule has 0 aromatic carbocycles. The summed E-state index contributed by atoms with van der Waals surface area (Å²) >= 11 is 3.36. The molecule has 2 atom stereocenters. The van der Waals surface area contributed by atoms with E-state index in [1.54, 1.807) is 0 Å². The summed E-state index contributed by atoms with van der Waals surface area (Å²) in [4.78, 5) is 23.7. The van der Waals surface area contributed by atoms with Crippen LogP contribution in [0, 0.1) is 11.3 Å². The van der Waals surface area contributed by atoms with Crippen LogP contribution in [0.4, 0.5) is 10.7 Å². The number of aromatic amines is 1. The molecule has 2 N–H and O–H groups in total. The van der Waals surface area contributed by atoms with E-state index in [0.29, 0.717) is 27.3 Å². The van der Waals surface area contributed by atoms with E-state index in [1.165, 1.54) is 0 Å². The van der Waals surface area contributed by atoms with E-state index in [0.717, 1.165) is 25.7 Å². The van der Waals surface area contributed by atoms with Crippen molar-refractivity contribution < 1.29 is 9.53 Å². The summed E-state index contributed by atoms with van der Waals surface area (Å²) in [5.41, 5.74) is -0.125. The molecule has 154 valence electrons. The molecule has 2 aromatic rings. The Morgan fingerprint density at radius 2 is 2.00 bits per heavy atom. The molecule has 0 radical (unpaired) electrons. The normalized spacial score (nSPS) is 26.4. The van der Waals surface area contributed by atoms with Gasteiger partial charge in [0, 0.05) is 17.6 Å². The van der Waals surface area contributed by atoms with Gasteiger partial charge in [0.2, 0.25) is 5.95 Å². The highest BCUT2D eigenvalue weighted by molar-refractivity contribution is 9.10. The summed E-state index contributed by atoms with van der Waals surface area (Å²) in [6.07, 6.45) is 3.11. The van der Waals surface area contributed by atoms with Gasteiger partial charge < -0.3 is 15.0 Å². The zero-order valence-electron chi connectivity index (χ0n) is 16.9. The fourth-order valence-electron chi connectivity index (χ4n) is 4.54. The third kappa shape index (κ3) is 3.75. The van der Waals surface area contributed by atoms with E-state index >= 15 is 0 Å². The molecular formula is C19H24BrN7O2. The van der Waals surface area contributed by atoms with Crippen molar-refractivity contribution in [2.75, 3.05) is 4.90 Å². The van der Waals surface area contributed by atoms with Crippen molar-refractivity contribution in [3.8, 4) is 6.07 Å². The van der Waals surface area contributed by atoms with Crippen molar-refractivity contribution in [2.24, 2.45) is 0 Å². The lowest BCUT2D eigenvalue weighted by Gasteiger charge is -2.45. The molecule has 2 aliphatic rings. The molecule has 2 aromatic heterocycles. The summed E-state index contributed by atoms with van der Waals surface area (Å²) in [6, 6.07) is 2.51. The maximum atomic E-state index is 12.3. The summed E-state index contributed by atoms with van der Waals surface area (Å²) in [5, 5.41) is 20.2. The number of alkyl carbamates (subject to hydrolysis) is 1. The van der Waals surface area contributed by atoms with Gasteiger partial charge in [0.05, 0.1) is 5.39 Å². The Morgan fingerprint density at radius 3 is 2.59 bits per heavy atom. The number of fused-ring (bicyclic) bond motifs is 3. The fraction of sp³-hybridized carbons (Fsp3) is 0.632. The number of piperidine rings is 1. The Hall–Kier alpha value is -2.41. The minimum atomic E-state index is -0.533. The Balaban J connectivity index is 1.58. The van der Waals surface area contributed by atoms with Crippen LogP contribution in [0.5, 0.6) is 0 Å². The molecule has 0 saturated carbocycles. The Kier molecular flexibility index (Phi) is 4.69. The first-order valence-corrected chi connectivity index (χ1v) is 10.5. The highest BCUT2D eigenvalue weighted by Crippen LogP contribution is 2.43. The first-order chi connectivity index (χ1) is 13.6. The van der Waals surface area contributed by atoms with E-state index in [9.17, 15) is 10.1 Å². The molecule has 0 aliphatic carbocycles. The molecule has 9 nitrogen and oxygen atoms in total. The second kappa shape index (κ2) is 6.83. The number of anilines is 1. The minimum absolute atomic E-state index is 0.181. The summed E-state index contributed by atoms with van der Waals surface area (Å²) in [7, 11) is 0. The summed E-state index contributed by atoms with van der Waals surface area (Å²) in [5.74, 6) is 0.528. The van der Waals surface area contributed by atoms with Crippen LogP contribution < -0.4 is 10.2 Å². The van der Waals surface area contributed by atoms with Gasteiger partial charge in [-0.1, -0.05) is 0 Å². The van der Waals surface area contributed by atoms with Gasteiger partial charge in [-0.25, -0.2) is 9.78 Å². The largest absolute Gasteiger partial charge is 0.444 e. The Labute approximate surface area is 177 Å². The van der Waals surface area contributed by atoms with Gasteiger partial charge in [0.25, 0.3) is 0 Å². The lowest BCUT2D eigenvalue weighted by atomic mass is 9.84. The molecule has 0 spiro atoms. The zero-order chi connectivity index (χ0) is 21.0. The van der Waals surface area contributed by atoms with Gasteiger partial charge in [-0.15, -0.1) is 0 Å². The molecule has 2 bridgehead atoms. The molecule has 4 heterocycles. The van der Waals surface area contributed by atoms with Gasteiger partial charge >= 0.3 is 6.09 Å². The van der Waals surface area contributed by atoms with E-state index in [2.05, 4.69) is 59.3 Å². The second-order valence-electron chi connectivity index (χ2n) is 9.11. The van der Waals surface area contributed by atoms with E-state index in [4.69, 9.17) is 4.74 Å². The molecule has 10 heteroatoms. The van der Waals surface area contributed by atoms with Crippen LogP contribution in [0.2, 0.25) is 0 Å². The first kappa shape index (κ1) is 19.9. The van der Waals surface area contributed by atoms with Gasteiger partial charge in [-0.05, 0) is 69.3 Å². The second-order valence-corrected chi connectivity index (χ2v) is 9.90. The average Bonchev–Trinajstić information content (AvgIpc) is 3.10. The number of rotatable bonds is 2. The van der Waals surface area contributed by atoms with Gasteiger partial charge in [-0.2, -0.15) is 15.3 Å². The Morgan fingerprint density at radius 1 is 1.34 bits per heavy atom. The number of nitrogens with one attached hydrogen (secondary N) is 2. The van der Waals surface area contributed by atoms with Crippen molar-refractivity contribution in [3.63, 3.8) is 0 Å². The lowest BCUT2D eigenvalue weighted by Crippen LogP contribution is -2.58. The number of aromatic nitrogens is 4. The predicted octanol–water partition coefficient (Wildman–Crippen LogP) is 3.40. The third-order valence-electron chi connectivity index (χ3n) is 5.49. The van der Waals surface area contributed by atoms with E-state index < -0.39 is 11.7 Å². The van der Waals surface area contributed by atoms with Crippen molar-refractivity contribution in [3.05, 3.63) is 10.3 Å². The maximum Gasteiger partial charge on any atom is 0.408 e. The number of hydrogen-bond acceptors (Lipinski definition) is 7. The monoisotopic (exact) mass is 461 g/mol. The zero-order valence-corrected chi connectivity index (χ0v) is 18.5. The van der Waals surface area contributed by atoms with Crippen molar-refractivity contribution >= 4 is 39.0 Å². The van der Waals surface area contributed by atoms with Gasteiger partial charge in [0.15, 0.2) is 11.3 Å². The van der Waals surface area contributed by atoms with Crippen LogP contribution in [0.3, 0.4) is 0 Å². The molecule has 2 fully saturated rings. The van der Waals surface area contributed by atoms with E-state index in [1.807, 2.05) is 20.8 Å². The number of nitriles is 1. The lowest BCUT2D eigenvalue weighted by molar-refractivity contribution is 0.0437. The number of H-pyrrole nitrogens is 1. The fourth-order valence-corrected chi connectivity index (χ4v) is 4.99. The van der Waals surface area contributed by atoms with Gasteiger partial charge in [0.1, 0.15) is 16.3 Å². The molecule has 2 aliphatic heterocycles. The van der Waals surface area contributed by atoms with Crippen LogP contribution in [0.25, 0.3) is 11.0 Å². The van der Waals surface area contributed by atoms with Crippen LogP contribution in [-0.2, 0) is 4.74 Å². The molecule has 2 unspecified atom stereocenters. The molecule has 1 amide bonds. The Bertz CT molecular complexity index is 992. The smallest absolute Gasteiger partial charge is 0.408 e. The van der Waals surface area contributed by atoms with Crippen molar-refractivity contribution in [2.45, 2.75) is 76.6 Å². The van der Waals surface area contributed by atoms with Gasteiger partial charge in [-0.3, -0.25) is 5.10 Å². The van der Waals surface area contributed by atoms with Crippen molar-refractivity contribution in [1.29, 1.82) is 5.26 Å². The summed E-state index contributed by atoms with van der Waals surface area (Å²) in [6.45, 7) is 7.63. The number of amides is 1. The van der Waals surface area contributed by atoms with Crippen LogP contribution in [0.1, 0.15) is 59.1 Å². The molecule has 4 rings (SSSR count). The summed E-state index contributed by atoms with van der Waals surface area (Å²) < 4.78 is 6.05. The average molecular weight is 462 g/mol. The highest BCUT2D eigenvalue weighted by Gasteiger charge is 2.48. The number of halogens is 1. The number of nitrogens with zero attached hydrogens (tertiary/aromatic N) is 5. The number of carbonyl (C=O) groups is 1. The maximum absolute atomic E-state index is 12.3. The SMILES string of the molecule is CC1(NC(=O)OC(C)(C)C)CC2CCC(C1)N2c1nc(C#N)c2c(Br)[nH]nc2n1. The minimum Gasteiger partial charge on any atom is -0.444 e. The van der Waals surface area contributed by atoms with Crippen LogP contribution in [0.15, 0.2) is 4.60 Å². The topological polar surface area (TPSA) is 120 Å². The van der Waals surface area contributed by atoms with Crippen molar-refractivity contribution in [1.82, 2.24) is 25.5 Å². The third-order valence-corrected chi connectivity index (χ3v) is 6.06. The molecule has 29 heavy (non-hydrogen) atoms. The number of hydrogen-bond donors (Lipinski definition) is 2. The number of carbonyl (C=O) groups excluding carboxylic acids is 1. The molecular weight excluding hydrogens is 438 g/mol. The predicted molar refractivity (Wildman–Crippen MR) is 110 cm³/mol. The van der Waals surface area contributed by atoms with Crippen LogP contribution in [-0.4, -0.2) is 49.5 Å². The quantitative estimate of drug-likeness (QED) is 0.702. The number of ether oxygens (including phenoxy) is 1. The standard InChI is InChI=1S/C19H24BrN7O2/c1-18(2,3)29-17(28)24-19(4)7-10-5-6-11(8-19)27(10)16-22-12(9-21)13-14(20)25-26-15(13)23-16/h10-11H,5-8H2,1-4H3,(H,24,28)(H,22,23,25,26). The first-order valence-electron chi connectivity index (χ1n) is 9.70. The molecule has 2 saturated heterocycles.